The molecule has 0 aromatic heterocycles. The minimum Gasteiger partial charge on any atom is -0.399 e. The Morgan fingerprint density at radius 3 is 2.38 bits per heavy atom. The summed E-state index contributed by atoms with van der Waals surface area (Å²) in [6.07, 6.45) is 4.99. The van der Waals surface area contributed by atoms with E-state index in [9.17, 15) is 0 Å². The zero-order chi connectivity index (χ0) is 12.0. The van der Waals surface area contributed by atoms with Crippen LogP contribution in [-0.4, -0.2) is 0 Å². The van der Waals surface area contributed by atoms with Crippen molar-refractivity contribution in [3.63, 3.8) is 0 Å². The van der Waals surface area contributed by atoms with Gasteiger partial charge in [0.15, 0.2) is 0 Å². The zero-order valence-corrected chi connectivity index (χ0v) is 10.5. The third-order valence-corrected chi connectivity index (χ3v) is 3.00. The van der Waals surface area contributed by atoms with Gasteiger partial charge in [-0.15, -0.1) is 0 Å². The van der Waals surface area contributed by atoms with Crippen LogP contribution in [0.15, 0.2) is 30.8 Å². The van der Waals surface area contributed by atoms with Crippen LogP contribution in [0.3, 0.4) is 0 Å². The first kappa shape index (κ1) is 12.8. The predicted molar refractivity (Wildman–Crippen MR) is 72.2 cm³/mol. The van der Waals surface area contributed by atoms with Gasteiger partial charge in [0.05, 0.1) is 0 Å². The molecular weight excluding hydrogens is 194 g/mol. The Kier molecular flexibility index (Phi) is 5.10. The van der Waals surface area contributed by atoms with E-state index in [1.165, 1.54) is 31.2 Å². The van der Waals surface area contributed by atoms with Crippen molar-refractivity contribution >= 4 is 5.70 Å². The number of nitrogens with two attached hydrogens (primary N) is 1. The number of rotatable bonds is 6. The lowest BCUT2D eigenvalue weighted by molar-refractivity contribution is 0.561. The minimum atomic E-state index is 0.661. The predicted octanol–water partition coefficient (Wildman–Crippen LogP) is 4.30. The van der Waals surface area contributed by atoms with E-state index in [2.05, 4.69) is 38.6 Å². The van der Waals surface area contributed by atoms with Crippen LogP contribution in [0.5, 0.6) is 0 Å². The summed E-state index contributed by atoms with van der Waals surface area (Å²) in [6, 6.07) is 8.52. The molecular formula is C15H23N. The average Bonchev–Trinajstić information content (AvgIpc) is 2.29. The van der Waals surface area contributed by atoms with Crippen molar-refractivity contribution in [2.45, 2.75) is 45.4 Å². The van der Waals surface area contributed by atoms with Crippen LogP contribution in [0.25, 0.3) is 5.70 Å². The molecule has 2 N–H and O–H groups in total. The van der Waals surface area contributed by atoms with Gasteiger partial charge in [-0.3, -0.25) is 0 Å². The molecule has 88 valence electrons. The fourth-order valence-corrected chi connectivity index (χ4v) is 2.17. The fraction of sp³-hybridized carbons (Fsp3) is 0.467. The Morgan fingerprint density at radius 2 is 1.88 bits per heavy atom. The Labute approximate surface area is 99.4 Å². The lowest BCUT2D eigenvalue weighted by Crippen LogP contribution is -2.01. The number of hydrogen-bond acceptors (Lipinski definition) is 1. The summed E-state index contributed by atoms with van der Waals surface area (Å²) in [4.78, 5) is 0. The zero-order valence-electron chi connectivity index (χ0n) is 10.5. The summed E-state index contributed by atoms with van der Waals surface area (Å²) in [5, 5.41) is 0. The third kappa shape index (κ3) is 3.41. The van der Waals surface area contributed by atoms with Gasteiger partial charge in [-0.1, -0.05) is 51.5 Å². The molecule has 0 saturated heterocycles. The minimum absolute atomic E-state index is 0.661. The molecule has 1 rings (SSSR count). The smallest absolute Gasteiger partial charge is 0.0314 e. The number of benzene rings is 1. The molecule has 0 amide bonds. The first-order valence-electron chi connectivity index (χ1n) is 6.23. The van der Waals surface area contributed by atoms with Gasteiger partial charge in [0, 0.05) is 5.70 Å². The van der Waals surface area contributed by atoms with E-state index in [0.717, 1.165) is 5.56 Å². The Morgan fingerprint density at radius 1 is 1.25 bits per heavy atom. The first-order chi connectivity index (χ1) is 7.69. The molecule has 1 nitrogen and oxygen atoms in total. The maximum Gasteiger partial charge on any atom is 0.0314 e. The molecule has 0 aliphatic rings. The topological polar surface area (TPSA) is 26.0 Å². The molecule has 0 radical (unpaired) electrons. The van der Waals surface area contributed by atoms with Crippen LogP contribution >= 0.6 is 0 Å². The van der Waals surface area contributed by atoms with E-state index in [1.807, 2.05) is 6.07 Å². The average molecular weight is 217 g/mol. The van der Waals surface area contributed by atoms with Gasteiger partial charge in [0.1, 0.15) is 0 Å². The molecule has 0 unspecified atom stereocenters. The van der Waals surface area contributed by atoms with Crippen LogP contribution in [-0.2, 0) is 0 Å². The van der Waals surface area contributed by atoms with Crippen molar-refractivity contribution in [3.05, 3.63) is 42.0 Å². The van der Waals surface area contributed by atoms with Gasteiger partial charge in [-0.2, -0.15) is 0 Å². The van der Waals surface area contributed by atoms with Crippen LogP contribution in [0.4, 0.5) is 0 Å². The second-order valence-corrected chi connectivity index (χ2v) is 4.42. The Bertz CT molecular complexity index is 335. The van der Waals surface area contributed by atoms with Crippen molar-refractivity contribution in [2.75, 3.05) is 0 Å². The molecule has 1 heteroatoms. The maximum atomic E-state index is 5.74. The Hall–Kier alpha value is -1.24. The highest BCUT2D eigenvalue weighted by molar-refractivity contribution is 5.60. The lowest BCUT2D eigenvalue weighted by Gasteiger charge is -2.16. The van der Waals surface area contributed by atoms with E-state index < -0.39 is 0 Å². The lowest BCUT2D eigenvalue weighted by atomic mass is 9.89. The van der Waals surface area contributed by atoms with Gasteiger partial charge < -0.3 is 5.73 Å². The van der Waals surface area contributed by atoms with E-state index in [4.69, 9.17) is 5.73 Å². The van der Waals surface area contributed by atoms with E-state index in [0.29, 0.717) is 11.6 Å². The molecule has 0 saturated carbocycles. The largest absolute Gasteiger partial charge is 0.399 e. The normalized spacial score (nSPS) is 10.7. The molecule has 1 aromatic carbocycles. The first-order valence-corrected chi connectivity index (χ1v) is 6.23. The summed E-state index contributed by atoms with van der Waals surface area (Å²) in [6.45, 7) is 8.28. The van der Waals surface area contributed by atoms with Crippen LogP contribution in [0.2, 0.25) is 0 Å². The molecule has 0 bridgehead atoms. The molecule has 0 aliphatic carbocycles. The summed E-state index contributed by atoms with van der Waals surface area (Å²) < 4.78 is 0. The van der Waals surface area contributed by atoms with Gasteiger partial charge >= 0.3 is 0 Å². The van der Waals surface area contributed by atoms with E-state index >= 15 is 0 Å². The summed E-state index contributed by atoms with van der Waals surface area (Å²) in [7, 11) is 0. The van der Waals surface area contributed by atoms with Crippen molar-refractivity contribution in [2.24, 2.45) is 5.73 Å². The van der Waals surface area contributed by atoms with Gasteiger partial charge in [-0.25, -0.2) is 0 Å². The van der Waals surface area contributed by atoms with Crippen LogP contribution in [0.1, 0.15) is 56.6 Å². The fourth-order valence-electron chi connectivity index (χ4n) is 2.17. The molecule has 1 aromatic rings. The molecule has 0 spiro atoms. The van der Waals surface area contributed by atoms with Gasteiger partial charge in [0.25, 0.3) is 0 Å². The van der Waals surface area contributed by atoms with Crippen molar-refractivity contribution in [3.8, 4) is 0 Å². The van der Waals surface area contributed by atoms with Gasteiger partial charge in [0.2, 0.25) is 0 Å². The number of hydrogen-bond donors (Lipinski definition) is 1. The molecule has 0 heterocycles. The summed E-state index contributed by atoms with van der Waals surface area (Å²) in [5.41, 5.74) is 8.87. The van der Waals surface area contributed by atoms with Crippen LogP contribution < -0.4 is 5.73 Å². The summed E-state index contributed by atoms with van der Waals surface area (Å²) in [5.74, 6) is 0.675. The second kappa shape index (κ2) is 6.37. The van der Waals surface area contributed by atoms with Gasteiger partial charge in [-0.05, 0) is 36.0 Å². The summed E-state index contributed by atoms with van der Waals surface area (Å²) >= 11 is 0. The highest BCUT2D eigenvalue weighted by atomic mass is 14.6. The molecule has 0 aliphatic heterocycles. The van der Waals surface area contributed by atoms with E-state index in [1.54, 1.807) is 0 Å². The Balaban J connectivity index is 2.90. The van der Waals surface area contributed by atoms with Crippen LogP contribution in [0, 0.1) is 0 Å². The maximum absolute atomic E-state index is 5.74. The van der Waals surface area contributed by atoms with Crippen molar-refractivity contribution in [1.82, 2.24) is 0 Å². The monoisotopic (exact) mass is 217 g/mol. The second-order valence-electron chi connectivity index (χ2n) is 4.42. The molecule has 0 fully saturated rings. The molecule has 16 heavy (non-hydrogen) atoms. The molecule has 0 atom stereocenters. The van der Waals surface area contributed by atoms with E-state index in [-0.39, 0.29) is 0 Å². The highest BCUT2D eigenvalue weighted by Crippen LogP contribution is 2.27. The SMILES string of the molecule is C=C(N)c1cccc(C(CCC)CCC)c1. The van der Waals surface area contributed by atoms with Crippen molar-refractivity contribution in [1.29, 1.82) is 0 Å². The third-order valence-electron chi connectivity index (χ3n) is 3.00. The quantitative estimate of drug-likeness (QED) is 0.755. The van der Waals surface area contributed by atoms with Crippen molar-refractivity contribution < 1.29 is 0 Å². The highest BCUT2D eigenvalue weighted by Gasteiger charge is 2.10. The standard InChI is InChI=1S/C15H23N/c1-4-7-13(8-5-2)15-10-6-9-14(11-15)12(3)16/h6,9-11,13H,3-5,7-8,16H2,1-2H3.